The highest BCUT2D eigenvalue weighted by Gasteiger charge is 2.10. The molecule has 0 radical (unpaired) electrons. The number of carbonyl (C=O) groups excluding carboxylic acids is 2. The van der Waals surface area contributed by atoms with Gasteiger partial charge in [0.05, 0.1) is 18.5 Å². The van der Waals surface area contributed by atoms with E-state index in [0.717, 1.165) is 5.69 Å². The third-order valence-electron chi connectivity index (χ3n) is 3.53. The first kappa shape index (κ1) is 17.8. The fourth-order valence-electron chi connectivity index (χ4n) is 2.18. The molecule has 3 aromatic rings. The summed E-state index contributed by atoms with van der Waals surface area (Å²) in [5.74, 6) is -0.172. The van der Waals surface area contributed by atoms with Crippen molar-refractivity contribution in [3.8, 4) is 0 Å². The highest BCUT2D eigenvalue weighted by atomic mass is 32.1. The number of hydrogen-bond donors (Lipinski definition) is 2. The van der Waals surface area contributed by atoms with Crippen LogP contribution < -0.4 is 10.6 Å². The van der Waals surface area contributed by atoms with Gasteiger partial charge in [0.1, 0.15) is 11.6 Å². The second-order valence-corrected chi connectivity index (χ2v) is 6.32. The van der Waals surface area contributed by atoms with Gasteiger partial charge in [-0.25, -0.2) is 9.37 Å². The zero-order valence-corrected chi connectivity index (χ0v) is 14.5. The van der Waals surface area contributed by atoms with Crippen LogP contribution in [0, 0.1) is 5.82 Å². The average molecular weight is 373 g/mol. The number of hydrogen-bond acceptors (Lipinski definition) is 5. The molecule has 3 rings (SSSR count). The molecular weight excluding hydrogens is 357 g/mol. The normalized spacial score (nSPS) is 10.5. The smallest absolute Gasteiger partial charge is 0.257 e. The van der Waals surface area contributed by atoms with Crippen molar-refractivity contribution in [2.45, 2.75) is 19.4 Å². The third kappa shape index (κ3) is 5.00. The number of nitrogens with one attached hydrogen (secondary N) is 2. The molecule has 0 atom stereocenters. The Labute approximate surface area is 153 Å². The van der Waals surface area contributed by atoms with Crippen molar-refractivity contribution in [1.29, 1.82) is 0 Å². The molecular formula is C18H16FN3O3S. The molecule has 0 fully saturated rings. The molecule has 0 spiro atoms. The predicted molar refractivity (Wildman–Crippen MR) is 95.3 cm³/mol. The van der Waals surface area contributed by atoms with Crippen molar-refractivity contribution in [1.82, 2.24) is 10.3 Å². The van der Waals surface area contributed by atoms with Gasteiger partial charge >= 0.3 is 0 Å². The van der Waals surface area contributed by atoms with Crippen LogP contribution >= 0.6 is 11.3 Å². The van der Waals surface area contributed by atoms with E-state index in [0.29, 0.717) is 29.4 Å². The monoisotopic (exact) mass is 373 g/mol. The summed E-state index contributed by atoms with van der Waals surface area (Å²) in [6.07, 6.45) is 2.31. The maximum atomic E-state index is 12.9. The molecule has 0 unspecified atom stereocenters. The van der Waals surface area contributed by atoms with E-state index in [-0.39, 0.29) is 18.2 Å². The van der Waals surface area contributed by atoms with Gasteiger partial charge in [-0.1, -0.05) is 0 Å². The van der Waals surface area contributed by atoms with Crippen molar-refractivity contribution in [3.63, 3.8) is 0 Å². The van der Waals surface area contributed by atoms with Crippen LogP contribution in [0.2, 0.25) is 0 Å². The molecule has 0 aliphatic carbocycles. The standard InChI is InChI=1S/C18H16FN3O3S/c19-13-5-3-12(4-6-13)17(24)22-18-21-14(11-26-18)7-8-16(23)20-10-15-2-1-9-25-15/h1-6,9,11H,7-8,10H2,(H,20,23)(H,21,22,24). The van der Waals surface area contributed by atoms with Gasteiger partial charge in [0.2, 0.25) is 5.91 Å². The summed E-state index contributed by atoms with van der Waals surface area (Å²) in [5, 5.41) is 7.65. The van der Waals surface area contributed by atoms with Gasteiger partial charge in [-0.2, -0.15) is 0 Å². The van der Waals surface area contributed by atoms with Crippen LogP contribution in [0.3, 0.4) is 0 Å². The number of aryl methyl sites for hydroxylation is 1. The quantitative estimate of drug-likeness (QED) is 0.665. The van der Waals surface area contributed by atoms with Gasteiger partial charge < -0.3 is 9.73 Å². The predicted octanol–water partition coefficient (Wildman–Crippen LogP) is 3.38. The maximum Gasteiger partial charge on any atom is 0.257 e. The molecule has 2 heterocycles. The van der Waals surface area contributed by atoms with E-state index >= 15 is 0 Å². The Kier molecular flexibility index (Phi) is 5.75. The van der Waals surface area contributed by atoms with Crippen LogP contribution in [0.25, 0.3) is 0 Å². The van der Waals surface area contributed by atoms with Gasteiger partial charge in [0, 0.05) is 17.4 Å². The van der Waals surface area contributed by atoms with Gasteiger partial charge in [0.15, 0.2) is 5.13 Å². The molecule has 0 aliphatic rings. The van der Waals surface area contributed by atoms with Crippen molar-refractivity contribution < 1.29 is 18.4 Å². The van der Waals surface area contributed by atoms with Gasteiger partial charge in [-0.3, -0.25) is 14.9 Å². The second-order valence-electron chi connectivity index (χ2n) is 5.46. The fourth-order valence-corrected chi connectivity index (χ4v) is 2.92. The molecule has 2 N–H and O–H groups in total. The summed E-state index contributed by atoms with van der Waals surface area (Å²) < 4.78 is 18.0. The molecule has 0 saturated heterocycles. The zero-order chi connectivity index (χ0) is 18.4. The topological polar surface area (TPSA) is 84.2 Å². The summed E-state index contributed by atoms with van der Waals surface area (Å²) in [4.78, 5) is 28.2. The first-order valence-corrected chi connectivity index (χ1v) is 8.78. The fraction of sp³-hybridized carbons (Fsp3) is 0.167. The zero-order valence-electron chi connectivity index (χ0n) is 13.7. The van der Waals surface area contributed by atoms with E-state index in [9.17, 15) is 14.0 Å². The van der Waals surface area contributed by atoms with Crippen LogP contribution in [0.1, 0.15) is 28.2 Å². The van der Waals surface area contributed by atoms with Gasteiger partial charge in [0.25, 0.3) is 5.91 Å². The van der Waals surface area contributed by atoms with Crippen molar-refractivity contribution in [2.24, 2.45) is 0 Å². The molecule has 26 heavy (non-hydrogen) atoms. The molecule has 0 aliphatic heterocycles. The Balaban J connectivity index is 1.46. The number of benzene rings is 1. The lowest BCUT2D eigenvalue weighted by Gasteiger charge is -2.02. The molecule has 0 bridgehead atoms. The van der Waals surface area contributed by atoms with Gasteiger partial charge in [-0.05, 0) is 42.8 Å². The van der Waals surface area contributed by atoms with Crippen LogP contribution in [0.15, 0.2) is 52.5 Å². The summed E-state index contributed by atoms with van der Waals surface area (Å²) in [7, 11) is 0. The van der Waals surface area contributed by atoms with E-state index in [1.807, 2.05) is 0 Å². The van der Waals surface area contributed by atoms with Crippen molar-refractivity contribution >= 4 is 28.3 Å². The van der Waals surface area contributed by atoms with Crippen molar-refractivity contribution in [3.05, 3.63) is 70.9 Å². The summed E-state index contributed by atoms with van der Waals surface area (Å²) >= 11 is 1.27. The maximum absolute atomic E-state index is 12.9. The van der Waals surface area contributed by atoms with Crippen LogP contribution in [0.5, 0.6) is 0 Å². The summed E-state index contributed by atoms with van der Waals surface area (Å²) in [5.41, 5.74) is 1.07. The number of nitrogens with zero attached hydrogens (tertiary/aromatic N) is 1. The summed E-state index contributed by atoms with van der Waals surface area (Å²) in [6, 6.07) is 8.81. The number of anilines is 1. The lowest BCUT2D eigenvalue weighted by Crippen LogP contribution is -2.22. The average Bonchev–Trinajstić information content (AvgIpc) is 3.30. The molecule has 2 amide bonds. The number of aromatic nitrogens is 1. The Hall–Kier alpha value is -3.00. The van der Waals surface area contributed by atoms with E-state index in [4.69, 9.17) is 4.42 Å². The van der Waals surface area contributed by atoms with E-state index in [1.165, 1.54) is 35.6 Å². The van der Waals surface area contributed by atoms with Crippen LogP contribution in [0.4, 0.5) is 9.52 Å². The molecule has 134 valence electrons. The van der Waals surface area contributed by atoms with Crippen LogP contribution in [-0.4, -0.2) is 16.8 Å². The highest BCUT2D eigenvalue weighted by molar-refractivity contribution is 7.14. The molecule has 1 aromatic carbocycles. The number of halogens is 1. The number of thiazole rings is 1. The summed E-state index contributed by atoms with van der Waals surface area (Å²) in [6.45, 7) is 0.349. The molecule has 8 heteroatoms. The first-order valence-electron chi connectivity index (χ1n) is 7.90. The number of amides is 2. The largest absolute Gasteiger partial charge is 0.467 e. The Morgan fingerprint density at radius 3 is 2.73 bits per heavy atom. The minimum Gasteiger partial charge on any atom is -0.467 e. The highest BCUT2D eigenvalue weighted by Crippen LogP contribution is 2.17. The number of furan rings is 1. The van der Waals surface area contributed by atoms with E-state index in [2.05, 4.69) is 15.6 Å². The lowest BCUT2D eigenvalue weighted by molar-refractivity contribution is -0.121. The number of carbonyl (C=O) groups is 2. The molecule has 0 saturated carbocycles. The minimum absolute atomic E-state index is 0.105. The Bertz CT molecular complexity index is 875. The lowest BCUT2D eigenvalue weighted by atomic mass is 10.2. The molecule has 6 nitrogen and oxygen atoms in total. The minimum atomic E-state index is -0.400. The first-order chi connectivity index (χ1) is 12.6. The Morgan fingerprint density at radius 2 is 2.00 bits per heavy atom. The number of rotatable bonds is 7. The third-order valence-corrected chi connectivity index (χ3v) is 4.33. The second kappa shape index (κ2) is 8.39. The molecule has 2 aromatic heterocycles. The Morgan fingerprint density at radius 1 is 1.19 bits per heavy atom. The van der Waals surface area contributed by atoms with E-state index < -0.39 is 5.82 Å². The van der Waals surface area contributed by atoms with E-state index in [1.54, 1.807) is 23.8 Å². The van der Waals surface area contributed by atoms with Crippen molar-refractivity contribution in [2.75, 3.05) is 5.32 Å². The van der Waals surface area contributed by atoms with Gasteiger partial charge in [-0.15, -0.1) is 11.3 Å². The van der Waals surface area contributed by atoms with Crippen LogP contribution in [-0.2, 0) is 17.8 Å². The SMILES string of the molecule is O=C(CCc1csc(NC(=O)c2ccc(F)cc2)n1)NCc1ccco1.